The second kappa shape index (κ2) is 6.75. The monoisotopic (exact) mass is 374 g/mol. The fourth-order valence-electron chi connectivity index (χ4n) is 7.37. The number of carbonyl (C=O) groups excluding carboxylic acids is 2. The SMILES string of the molecule is CC(NC(=O)C1CCCN1C(=O)C12CC3CC(CC(C3)C1)C2)C1CCCO1. The maximum atomic E-state index is 13.7. The van der Waals surface area contributed by atoms with Gasteiger partial charge in [-0.05, 0) is 88.9 Å². The zero-order valence-corrected chi connectivity index (χ0v) is 16.6. The lowest BCUT2D eigenvalue weighted by atomic mass is 9.49. The van der Waals surface area contributed by atoms with E-state index in [1.165, 1.54) is 19.3 Å². The number of nitrogens with one attached hydrogen (secondary N) is 1. The quantitative estimate of drug-likeness (QED) is 0.823. The van der Waals surface area contributed by atoms with Crippen LogP contribution in [0.25, 0.3) is 0 Å². The van der Waals surface area contributed by atoms with Crippen LogP contribution in [0.3, 0.4) is 0 Å². The molecule has 4 saturated carbocycles. The van der Waals surface area contributed by atoms with Crippen molar-refractivity contribution in [3.05, 3.63) is 0 Å². The molecule has 6 rings (SSSR count). The summed E-state index contributed by atoms with van der Waals surface area (Å²) < 4.78 is 5.72. The summed E-state index contributed by atoms with van der Waals surface area (Å²) >= 11 is 0. The Morgan fingerprint density at radius 2 is 1.70 bits per heavy atom. The van der Waals surface area contributed by atoms with Gasteiger partial charge in [-0.2, -0.15) is 0 Å². The number of hydrogen-bond acceptors (Lipinski definition) is 3. The van der Waals surface area contributed by atoms with Gasteiger partial charge in [0.2, 0.25) is 11.8 Å². The molecule has 0 aromatic heterocycles. The van der Waals surface area contributed by atoms with Gasteiger partial charge < -0.3 is 15.0 Å². The average Bonchev–Trinajstić information content (AvgIpc) is 3.31. The second-order valence-corrected chi connectivity index (χ2v) is 10.2. The molecule has 5 heteroatoms. The first-order chi connectivity index (χ1) is 13.0. The molecule has 0 aromatic carbocycles. The van der Waals surface area contributed by atoms with Gasteiger partial charge in [-0.1, -0.05) is 0 Å². The number of ether oxygens (including phenoxy) is 1. The highest BCUT2D eigenvalue weighted by atomic mass is 16.5. The Hall–Kier alpha value is -1.10. The van der Waals surface area contributed by atoms with Gasteiger partial charge in [0.05, 0.1) is 17.6 Å². The van der Waals surface area contributed by atoms with Crippen molar-refractivity contribution in [2.75, 3.05) is 13.2 Å². The van der Waals surface area contributed by atoms with Crippen LogP contribution in [-0.2, 0) is 14.3 Å². The Morgan fingerprint density at radius 3 is 2.30 bits per heavy atom. The molecule has 6 aliphatic rings. The molecule has 2 saturated heterocycles. The van der Waals surface area contributed by atoms with Crippen LogP contribution in [0, 0.1) is 23.2 Å². The summed E-state index contributed by atoms with van der Waals surface area (Å²) in [5.74, 6) is 2.62. The molecule has 2 amide bonds. The minimum absolute atomic E-state index is 0.0251. The Kier molecular flexibility index (Phi) is 4.49. The molecule has 2 aliphatic heterocycles. The lowest BCUT2D eigenvalue weighted by molar-refractivity contribution is -0.160. The van der Waals surface area contributed by atoms with Crippen molar-refractivity contribution in [2.45, 2.75) is 89.3 Å². The molecule has 4 aliphatic carbocycles. The molecule has 1 N–H and O–H groups in total. The highest BCUT2D eigenvalue weighted by Crippen LogP contribution is 2.60. The molecule has 6 fully saturated rings. The minimum Gasteiger partial charge on any atom is -0.376 e. The van der Waals surface area contributed by atoms with Crippen molar-refractivity contribution < 1.29 is 14.3 Å². The molecule has 150 valence electrons. The second-order valence-electron chi connectivity index (χ2n) is 10.2. The minimum atomic E-state index is -0.269. The van der Waals surface area contributed by atoms with Crippen molar-refractivity contribution in [3.63, 3.8) is 0 Å². The topological polar surface area (TPSA) is 58.6 Å². The molecule has 2 heterocycles. The highest BCUT2D eigenvalue weighted by Gasteiger charge is 2.56. The third kappa shape index (κ3) is 3.10. The normalized spacial score (nSPS) is 43.9. The fourth-order valence-corrected chi connectivity index (χ4v) is 7.37. The van der Waals surface area contributed by atoms with E-state index in [1.807, 2.05) is 11.8 Å². The van der Waals surface area contributed by atoms with Crippen molar-refractivity contribution in [3.8, 4) is 0 Å². The number of carbonyl (C=O) groups is 2. The molecular weight excluding hydrogens is 340 g/mol. The van der Waals surface area contributed by atoms with Crippen LogP contribution in [-0.4, -0.2) is 48.1 Å². The number of nitrogens with zero attached hydrogens (tertiary/aromatic N) is 1. The van der Waals surface area contributed by atoms with Gasteiger partial charge in [-0.25, -0.2) is 0 Å². The predicted octanol–water partition coefficient (Wildman–Crippen LogP) is 2.88. The first kappa shape index (κ1) is 18.0. The molecule has 3 unspecified atom stereocenters. The van der Waals surface area contributed by atoms with Crippen LogP contribution >= 0.6 is 0 Å². The van der Waals surface area contributed by atoms with Crippen LogP contribution in [0.2, 0.25) is 0 Å². The molecular formula is C22H34N2O3. The van der Waals surface area contributed by atoms with Crippen LogP contribution in [0.1, 0.15) is 71.1 Å². The molecule has 0 radical (unpaired) electrons. The predicted molar refractivity (Wildman–Crippen MR) is 102 cm³/mol. The summed E-state index contributed by atoms with van der Waals surface area (Å²) in [5.41, 5.74) is -0.141. The van der Waals surface area contributed by atoms with E-state index in [-0.39, 0.29) is 29.5 Å². The highest BCUT2D eigenvalue weighted by molar-refractivity contribution is 5.91. The zero-order chi connectivity index (χ0) is 18.6. The van der Waals surface area contributed by atoms with Gasteiger partial charge in [-0.3, -0.25) is 9.59 Å². The van der Waals surface area contributed by atoms with Gasteiger partial charge in [0.25, 0.3) is 0 Å². The lowest BCUT2D eigenvalue weighted by Crippen LogP contribution is -2.58. The van der Waals surface area contributed by atoms with Gasteiger partial charge in [0, 0.05) is 13.2 Å². The van der Waals surface area contributed by atoms with Crippen LogP contribution in [0.4, 0.5) is 0 Å². The summed E-state index contributed by atoms with van der Waals surface area (Å²) in [4.78, 5) is 28.6. The van der Waals surface area contributed by atoms with Crippen LogP contribution in [0.5, 0.6) is 0 Å². The van der Waals surface area contributed by atoms with Crippen molar-refractivity contribution in [1.82, 2.24) is 10.2 Å². The molecule has 0 spiro atoms. The van der Waals surface area contributed by atoms with E-state index in [4.69, 9.17) is 4.74 Å². The van der Waals surface area contributed by atoms with E-state index in [2.05, 4.69) is 5.32 Å². The molecule has 3 atom stereocenters. The van der Waals surface area contributed by atoms with E-state index in [1.54, 1.807) is 0 Å². The summed E-state index contributed by atoms with van der Waals surface area (Å²) in [7, 11) is 0. The fraction of sp³-hybridized carbons (Fsp3) is 0.909. The van der Waals surface area contributed by atoms with E-state index in [9.17, 15) is 9.59 Å². The number of likely N-dealkylation sites (tertiary alicyclic amines) is 1. The number of rotatable bonds is 4. The van der Waals surface area contributed by atoms with Gasteiger partial charge in [0.1, 0.15) is 6.04 Å². The Labute approximate surface area is 162 Å². The summed E-state index contributed by atoms with van der Waals surface area (Å²) in [6.07, 6.45) is 11.2. The Morgan fingerprint density at radius 1 is 1.04 bits per heavy atom. The molecule has 5 nitrogen and oxygen atoms in total. The summed E-state index contributed by atoms with van der Waals surface area (Å²) in [6.45, 7) is 3.59. The third-order valence-electron chi connectivity index (χ3n) is 8.20. The lowest BCUT2D eigenvalue weighted by Gasteiger charge is -2.56. The number of hydrogen-bond donors (Lipinski definition) is 1. The average molecular weight is 375 g/mol. The van der Waals surface area contributed by atoms with Gasteiger partial charge in [-0.15, -0.1) is 0 Å². The van der Waals surface area contributed by atoms with E-state index in [0.717, 1.165) is 75.9 Å². The van der Waals surface area contributed by atoms with Crippen molar-refractivity contribution in [1.29, 1.82) is 0 Å². The van der Waals surface area contributed by atoms with Crippen LogP contribution < -0.4 is 5.32 Å². The molecule has 4 bridgehead atoms. The van der Waals surface area contributed by atoms with E-state index in [0.29, 0.717) is 5.91 Å². The summed E-state index contributed by atoms with van der Waals surface area (Å²) in [5, 5.41) is 3.16. The molecule has 0 aromatic rings. The van der Waals surface area contributed by atoms with Crippen LogP contribution in [0.15, 0.2) is 0 Å². The maximum absolute atomic E-state index is 13.7. The van der Waals surface area contributed by atoms with E-state index >= 15 is 0 Å². The largest absolute Gasteiger partial charge is 0.376 e. The van der Waals surface area contributed by atoms with Gasteiger partial charge in [0.15, 0.2) is 0 Å². The molecule has 27 heavy (non-hydrogen) atoms. The first-order valence-corrected chi connectivity index (χ1v) is 11.3. The van der Waals surface area contributed by atoms with Crippen molar-refractivity contribution in [2.24, 2.45) is 23.2 Å². The van der Waals surface area contributed by atoms with Crippen molar-refractivity contribution >= 4 is 11.8 Å². The number of amides is 2. The Bertz CT molecular complexity index is 577. The first-order valence-electron chi connectivity index (χ1n) is 11.3. The zero-order valence-electron chi connectivity index (χ0n) is 16.6. The van der Waals surface area contributed by atoms with E-state index < -0.39 is 0 Å². The smallest absolute Gasteiger partial charge is 0.243 e. The Balaban J connectivity index is 1.28. The maximum Gasteiger partial charge on any atom is 0.243 e. The standard InChI is InChI=1S/C22H34N2O3/c1-14(19-5-3-7-27-19)23-20(25)18-4-2-6-24(18)21(26)22-11-15-8-16(12-22)10-17(9-15)13-22/h14-19H,2-13H2,1H3,(H,23,25). The summed E-state index contributed by atoms with van der Waals surface area (Å²) in [6, 6.07) is -0.244. The van der Waals surface area contributed by atoms with Gasteiger partial charge >= 0.3 is 0 Å². The third-order valence-corrected chi connectivity index (χ3v) is 8.20.